The quantitative estimate of drug-likeness (QED) is 0.462. The molecule has 0 saturated carbocycles. The molecule has 0 aliphatic heterocycles. The second kappa shape index (κ2) is 5.64. The topological polar surface area (TPSA) is 102 Å². The van der Waals surface area contributed by atoms with Crippen LogP contribution in [0.25, 0.3) is 0 Å². The minimum atomic E-state index is -4.26. The van der Waals surface area contributed by atoms with Gasteiger partial charge in [-0.3, -0.25) is 19.2 Å². The van der Waals surface area contributed by atoms with E-state index in [2.05, 4.69) is 0 Å². The van der Waals surface area contributed by atoms with Crippen LogP contribution in [0.5, 0.6) is 0 Å². The van der Waals surface area contributed by atoms with Gasteiger partial charge in [-0.05, 0) is 6.42 Å². The van der Waals surface area contributed by atoms with Crippen molar-refractivity contribution < 1.29 is 27.6 Å². The van der Waals surface area contributed by atoms with Gasteiger partial charge in [0.25, 0.3) is 11.6 Å². The van der Waals surface area contributed by atoms with Crippen LogP contribution in [0.15, 0.2) is 0 Å². The normalized spacial score (nSPS) is 10.9. The number of hydrogen-bond donors (Lipinski definition) is 0. The Bertz CT molecular complexity index is 431. The van der Waals surface area contributed by atoms with Gasteiger partial charge in [0.1, 0.15) is 0 Å². The third-order valence-corrected chi connectivity index (χ3v) is 3.34. The first kappa shape index (κ1) is 14.6. The number of unbranched alkanes of at least 4 members (excludes halogenated alkanes) is 1. The van der Waals surface area contributed by atoms with Gasteiger partial charge in [-0.15, -0.1) is 0 Å². The molecule has 0 aromatic rings. The van der Waals surface area contributed by atoms with Gasteiger partial charge in [0.05, 0.1) is 5.75 Å². The standard InChI is InChI=1S/C9H12O6S/c1-3-4-5-16(14,15)9(13)8(12)7(11)6(2)10/h3-5H2,1-2H3. The largest absolute Gasteiger partial charge is 0.320 e. The molecule has 7 heteroatoms. The van der Waals surface area contributed by atoms with Crippen molar-refractivity contribution in [1.82, 2.24) is 0 Å². The highest BCUT2D eigenvalue weighted by molar-refractivity contribution is 8.08. The molecule has 0 radical (unpaired) electrons. The highest BCUT2D eigenvalue weighted by Gasteiger charge is 2.35. The Morgan fingerprint density at radius 3 is 1.88 bits per heavy atom. The van der Waals surface area contributed by atoms with Crippen LogP contribution in [0.4, 0.5) is 0 Å². The Kier molecular flexibility index (Phi) is 5.16. The van der Waals surface area contributed by atoms with E-state index in [1.165, 1.54) is 0 Å². The number of sulfone groups is 1. The first-order valence-corrected chi connectivity index (χ1v) is 6.25. The molecule has 0 saturated heterocycles. The minimum Gasteiger partial charge on any atom is -0.291 e. The zero-order valence-electron chi connectivity index (χ0n) is 8.98. The molecule has 0 aromatic carbocycles. The number of carbonyl (C=O) groups excluding carboxylic acids is 4. The molecule has 0 amide bonds. The van der Waals surface area contributed by atoms with Crippen molar-refractivity contribution >= 4 is 32.3 Å². The second-order valence-corrected chi connectivity index (χ2v) is 5.18. The summed E-state index contributed by atoms with van der Waals surface area (Å²) in [6.07, 6.45) is 0.747. The SMILES string of the molecule is CCCCS(=O)(=O)C(=O)C(=O)C(=O)C(C)=O. The van der Waals surface area contributed by atoms with Crippen LogP contribution < -0.4 is 0 Å². The van der Waals surface area contributed by atoms with Gasteiger partial charge in [-0.25, -0.2) is 8.42 Å². The van der Waals surface area contributed by atoms with Crippen LogP contribution in [0, 0.1) is 0 Å². The lowest BCUT2D eigenvalue weighted by Crippen LogP contribution is -2.35. The van der Waals surface area contributed by atoms with E-state index < -0.39 is 38.1 Å². The third kappa shape index (κ3) is 3.65. The third-order valence-electron chi connectivity index (χ3n) is 1.76. The van der Waals surface area contributed by atoms with Gasteiger partial charge < -0.3 is 0 Å². The predicted molar refractivity (Wildman–Crippen MR) is 54.4 cm³/mol. The predicted octanol–water partition coefficient (Wildman–Crippen LogP) is -0.545. The Hall–Kier alpha value is -1.37. The van der Waals surface area contributed by atoms with Crippen molar-refractivity contribution in [1.29, 1.82) is 0 Å². The first-order chi connectivity index (χ1) is 7.24. The van der Waals surface area contributed by atoms with Crippen molar-refractivity contribution in [2.45, 2.75) is 26.7 Å². The fourth-order valence-electron chi connectivity index (χ4n) is 0.821. The Morgan fingerprint density at radius 2 is 1.50 bits per heavy atom. The van der Waals surface area contributed by atoms with Gasteiger partial charge in [0, 0.05) is 6.92 Å². The Morgan fingerprint density at radius 1 is 1.00 bits per heavy atom. The highest BCUT2D eigenvalue weighted by Crippen LogP contribution is 2.00. The Balaban J connectivity index is 4.88. The van der Waals surface area contributed by atoms with Crippen LogP contribution in [0.2, 0.25) is 0 Å². The van der Waals surface area contributed by atoms with E-state index in [1.54, 1.807) is 6.92 Å². The monoisotopic (exact) mass is 248 g/mol. The van der Waals surface area contributed by atoms with E-state index in [0.29, 0.717) is 6.42 Å². The van der Waals surface area contributed by atoms with Crippen LogP contribution in [-0.2, 0) is 29.0 Å². The van der Waals surface area contributed by atoms with Crippen LogP contribution in [-0.4, -0.2) is 36.6 Å². The first-order valence-electron chi connectivity index (χ1n) is 4.60. The van der Waals surface area contributed by atoms with Gasteiger partial charge in [-0.1, -0.05) is 13.3 Å². The molecule has 0 unspecified atom stereocenters. The smallest absolute Gasteiger partial charge is 0.291 e. The van der Waals surface area contributed by atoms with Gasteiger partial charge in [0.15, 0.2) is 0 Å². The Labute approximate surface area is 92.9 Å². The van der Waals surface area contributed by atoms with Crippen LogP contribution >= 0.6 is 0 Å². The van der Waals surface area contributed by atoms with Crippen molar-refractivity contribution in [2.24, 2.45) is 0 Å². The van der Waals surface area contributed by atoms with Crippen LogP contribution in [0.3, 0.4) is 0 Å². The van der Waals surface area contributed by atoms with Crippen molar-refractivity contribution in [3.63, 3.8) is 0 Å². The van der Waals surface area contributed by atoms with Gasteiger partial charge in [0.2, 0.25) is 15.6 Å². The molecule has 0 bridgehead atoms. The van der Waals surface area contributed by atoms with E-state index >= 15 is 0 Å². The molecule has 6 nitrogen and oxygen atoms in total. The zero-order chi connectivity index (χ0) is 12.9. The summed E-state index contributed by atoms with van der Waals surface area (Å²) < 4.78 is 22.4. The molecule has 0 aliphatic rings. The molecule has 0 heterocycles. The number of hydrogen-bond acceptors (Lipinski definition) is 6. The lowest BCUT2D eigenvalue weighted by atomic mass is 10.2. The summed E-state index contributed by atoms with van der Waals surface area (Å²) in [5.74, 6) is -5.00. The molecule has 0 rings (SSSR count). The minimum absolute atomic E-state index is 0.218. The van der Waals surface area contributed by atoms with Gasteiger partial charge >= 0.3 is 5.12 Å². The lowest BCUT2D eigenvalue weighted by molar-refractivity contribution is -0.146. The molecule has 0 aliphatic carbocycles. The van der Waals surface area contributed by atoms with E-state index in [1.807, 2.05) is 0 Å². The molecule has 90 valence electrons. The van der Waals surface area contributed by atoms with E-state index in [0.717, 1.165) is 6.92 Å². The van der Waals surface area contributed by atoms with Crippen LogP contribution in [0.1, 0.15) is 26.7 Å². The molecular weight excluding hydrogens is 236 g/mol. The van der Waals surface area contributed by atoms with E-state index in [-0.39, 0.29) is 6.42 Å². The van der Waals surface area contributed by atoms with E-state index in [9.17, 15) is 27.6 Å². The fraction of sp³-hybridized carbons (Fsp3) is 0.556. The number of rotatable bonds is 6. The summed E-state index contributed by atoms with van der Waals surface area (Å²) >= 11 is 0. The summed E-state index contributed by atoms with van der Waals surface area (Å²) in [5.41, 5.74) is 0. The molecule has 0 N–H and O–H groups in total. The molecular formula is C9H12O6S. The molecule has 0 atom stereocenters. The second-order valence-electron chi connectivity index (χ2n) is 3.17. The molecule has 16 heavy (non-hydrogen) atoms. The maximum absolute atomic E-state index is 11.2. The maximum Gasteiger partial charge on any atom is 0.320 e. The lowest BCUT2D eigenvalue weighted by Gasteiger charge is -1.99. The summed E-state index contributed by atoms with van der Waals surface area (Å²) in [7, 11) is -4.26. The molecule has 0 aromatic heterocycles. The fourth-order valence-corrected chi connectivity index (χ4v) is 2.05. The summed E-state index contributed by atoms with van der Waals surface area (Å²) in [5, 5.41) is -1.79. The number of Topliss-reactive ketones (excluding diaryl/α,β-unsaturated/α-hetero) is 3. The molecule has 0 spiro atoms. The summed E-state index contributed by atoms with van der Waals surface area (Å²) in [6, 6.07) is 0. The number of ketones is 3. The molecule has 0 fully saturated rings. The van der Waals surface area contributed by atoms with Gasteiger partial charge in [-0.2, -0.15) is 0 Å². The number of carbonyl (C=O) groups is 4. The summed E-state index contributed by atoms with van der Waals surface area (Å²) in [4.78, 5) is 43.4. The average molecular weight is 248 g/mol. The van der Waals surface area contributed by atoms with Crippen molar-refractivity contribution in [2.75, 3.05) is 5.75 Å². The summed E-state index contributed by atoms with van der Waals surface area (Å²) in [6.45, 7) is 2.51. The maximum atomic E-state index is 11.2. The zero-order valence-corrected chi connectivity index (χ0v) is 9.80. The van der Waals surface area contributed by atoms with Crippen molar-refractivity contribution in [3.8, 4) is 0 Å². The van der Waals surface area contributed by atoms with Crippen molar-refractivity contribution in [3.05, 3.63) is 0 Å². The average Bonchev–Trinajstić information content (AvgIpc) is 2.23. The van der Waals surface area contributed by atoms with E-state index in [4.69, 9.17) is 0 Å². The highest BCUT2D eigenvalue weighted by atomic mass is 32.2.